The average molecular weight is 559 g/mol. The summed E-state index contributed by atoms with van der Waals surface area (Å²) in [5, 5.41) is 12.5. The number of phenols is 1. The summed E-state index contributed by atoms with van der Waals surface area (Å²) in [6.07, 6.45) is 0.450. The fourth-order valence-corrected chi connectivity index (χ4v) is 5.28. The molecule has 0 bridgehead atoms. The van der Waals surface area contributed by atoms with Gasteiger partial charge in [0.05, 0.1) is 10.9 Å². The van der Waals surface area contributed by atoms with Crippen molar-refractivity contribution in [3.05, 3.63) is 132 Å². The first-order chi connectivity index (χ1) is 19.3. The van der Waals surface area contributed by atoms with Gasteiger partial charge in [0.2, 0.25) is 10.0 Å². The topological polar surface area (TPSA) is 122 Å². The number of rotatable bonds is 12. The summed E-state index contributed by atoms with van der Waals surface area (Å²) < 4.78 is 34.2. The van der Waals surface area contributed by atoms with Gasteiger partial charge in [-0.3, -0.25) is 9.59 Å². The van der Waals surface area contributed by atoms with Gasteiger partial charge in [-0.2, -0.15) is 4.72 Å². The number of carbonyl (C=O) groups is 2. The Bertz CT molecular complexity index is 1500. The van der Waals surface area contributed by atoms with Crippen LogP contribution in [0.1, 0.15) is 21.5 Å². The van der Waals surface area contributed by atoms with Crippen LogP contribution < -0.4 is 10.0 Å². The number of nitrogens with one attached hydrogen (secondary N) is 2. The molecule has 0 spiro atoms. The number of ether oxygens (including phenoxy) is 1. The quantitative estimate of drug-likeness (QED) is 0.227. The van der Waals surface area contributed by atoms with Crippen molar-refractivity contribution in [3.8, 4) is 5.75 Å². The fourth-order valence-electron chi connectivity index (χ4n) is 4.10. The van der Waals surface area contributed by atoms with Crippen LogP contribution in [0.15, 0.2) is 120 Å². The van der Waals surface area contributed by atoms with Gasteiger partial charge in [-0.15, -0.1) is 0 Å². The Morgan fingerprint density at radius 1 is 0.725 bits per heavy atom. The predicted octanol–water partition coefficient (Wildman–Crippen LogP) is 3.87. The van der Waals surface area contributed by atoms with E-state index < -0.39 is 28.1 Å². The summed E-state index contributed by atoms with van der Waals surface area (Å²) in [7, 11) is -4.12. The second-order valence-corrected chi connectivity index (χ2v) is 10.9. The first-order valence-electron chi connectivity index (χ1n) is 12.7. The minimum Gasteiger partial charge on any atom is -0.508 e. The van der Waals surface area contributed by atoms with Gasteiger partial charge in [0.1, 0.15) is 18.4 Å². The number of sulfonamides is 1. The van der Waals surface area contributed by atoms with Gasteiger partial charge in [-0.05, 0) is 60.4 Å². The lowest BCUT2D eigenvalue weighted by atomic mass is 10.1. The Labute approximate surface area is 233 Å². The highest BCUT2D eigenvalue weighted by molar-refractivity contribution is 7.89. The van der Waals surface area contributed by atoms with Crippen molar-refractivity contribution in [1.29, 1.82) is 0 Å². The zero-order chi connectivity index (χ0) is 28.4. The van der Waals surface area contributed by atoms with Crippen LogP contribution in [-0.4, -0.2) is 44.1 Å². The molecule has 0 radical (unpaired) electrons. The molecule has 0 saturated heterocycles. The van der Waals surface area contributed by atoms with Crippen molar-refractivity contribution in [3.63, 3.8) is 0 Å². The van der Waals surface area contributed by atoms with Gasteiger partial charge in [0.25, 0.3) is 5.91 Å². The van der Waals surface area contributed by atoms with Crippen LogP contribution in [0, 0.1) is 0 Å². The highest BCUT2D eigenvalue weighted by atomic mass is 32.2. The van der Waals surface area contributed by atoms with E-state index in [9.17, 15) is 23.1 Å². The number of esters is 1. The van der Waals surface area contributed by atoms with Crippen molar-refractivity contribution in [2.45, 2.75) is 29.8 Å². The lowest BCUT2D eigenvalue weighted by Gasteiger charge is -2.22. The molecule has 0 saturated carbocycles. The summed E-state index contributed by atoms with van der Waals surface area (Å²) in [6.45, 7) is -0.168. The van der Waals surface area contributed by atoms with E-state index in [2.05, 4.69) is 10.0 Å². The molecule has 2 unspecified atom stereocenters. The molecule has 3 N–H and O–H groups in total. The van der Waals surface area contributed by atoms with E-state index in [4.69, 9.17) is 4.74 Å². The van der Waals surface area contributed by atoms with Gasteiger partial charge in [-0.1, -0.05) is 78.9 Å². The van der Waals surface area contributed by atoms with Crippen molar-refractivity contribution >= 4 is 21.9 Å². The Balaban J connectivity index is 1.51. The monoisotopic (exact) mass is 558 g/mol. The average Bonchev–Trinajstić information content (AvgIpc) is 2.97. The molecule has 40 heavy (non-hydrogen) atoms. The summed E-state index contributed by atoms with van der Waals surface area (Å²) in [5.74, 6) is -1.18. The lowest BCUT2D eigenvalue weighted by Crippen LogP contribution is -2.46. The van der Waals surface area contributed by atoms with Gasteiger partial charge >= 0.3 is 5.97 Å². The van der Waals surface area contributed by atoms with Crippen LogP contribution in [0.25, 0.3) is 0 Å². The number of phenolic OH excluding ortho intramolecular Hbond substituents is 1. The molecule has 0 fully saturated rings. The molecular formula is C31H30N2O6S. The van der Waals surface area contributed by atoms with Crippen LogP contribution >= 0.6 is 0 Å². The second-order valence-electron chi connectivity index (χ2n) is 9.21. The van der Waals surface area contributed by atoms with Crippen LogP contribution in [0.2, 0.25) is 0 Å². The number of aromatic hydroxyl groups is 1. The molecule has 0 aliphatic rings. The highest BCUT2D eigenvalue weighted by Crippen LogP contribution is 2.16. The highest BCUT2D eigenvalue weighted by Gasteiger charge is 2.28. The third-order valence-electron chi connectivity index (χ3n) is 6.13. The molecule has 4 aromatic carbocycles. The minimum atomic E-state index is -4.12. The van der Waals surface area contributed by atoms with E-state index in [1.807, 2.05) is 42.5 Å². The summed E-state index contributed by atoms with van der Waals surface area (Å²) >= 11 is 0. The Hall–Kier alpha value is -4.47. The maximum absolute atomic E-state index is 13.3. The number of amides is 1. The van der Waals surface area contributed by atoms with Crippen molar-refractivity contribution in [1.82, 2.24) is 10.0 Å². The third kappa shape index (κ3) is 8.26. The van der Waals surface area contributed by atoms with Crippen molar-refractivity contribution in [2.24, 2.45) is 0 Å². The third-order valence-corrected chi connectivity index (χ3v) is 7.62. The summed E-state index contributed by atoms with van der Waals surface area (Å²) in [5.41, 5.74) is 2.14. The van der Waals surface area contributed by atoms with E-state index >= 15 is 0 Å². The van der Waals surface area contributed by atoms with Crippen LogP contribution in [0.5, 0.6) is 5.75 Å². The fraction of sp³-hybridized carbons (Fsp3) is 0.161. The van der Waals surface area contributed by atoms with Crippen molar-refractivity contribution < 1.29 is 27.9 Å². The normalized spacial score (nSPS) is 12.7. The zero-order valence-corrected chi connectivity index (χ0v) is 22.5. The molecule has 8 nitrogen and oxygen atoms in total. The Morgan fingerprint density at radius 3 is 1.82 bits per heavy atom. The van der Waals surface area contributed by atoms with E-state index in [-0.39, 0.29) is 29.6 Å². The van der Waals surface area contributed by atoms with Crippen molar-refractivity contribution in [2.75, 3.05) is 6.61 Å². The van der Waals surface area contributed by atoms with E-state index in [0.29, 0.717) is 12.0 Å². The SMILES string of the molecule is O=C(NC(COC(=O)C(Cc1ccccc1)NS(=O)(=O)c1ccc(O)cc1)Cc1ccccc1)c1ccccc1. The number of benzene rings is 4. The summed E-state index contributed by atoms with van der Waals surface area (Å²) in [6, 6.07) is 30.4. The molecule has 0 aliphatic heterocycles. The predicted molar refractivity (Wildman–Crippen MR) is 151 cm³/mol. The van der Waals surface area contributed by atoms with E-state index in [1.54, 1.807) is 48.5 Å². The molecule has 0 heterocycles. The van der Waals surface area contributed by atoms with Gasteiger partial charge in [0, 0.05) is 5.56 Å². The number of hydrogen-bond donors (Lipinski definition) is 3. The largest absolute Gasteiger partial charge is 0.508 e. The van der Waals surface area contributed by atoms with Crippen LogP contribution in [0.4, 0.5) is 0 Å². The molecule has 4 rings (SSSR count). The Morgan fingerprint density at radius 2 is 1.25 bits per heavy atom. The first-order valence-corrected chi connectivity index (χ1v) is 14.2. The Kier molecular flexibility index (Phi) is 9.66. The van der Waals surface area contributed by atoms with Crippen LogP contribution in [-0.2, 0) is 32.4 Å². The van der Waals surface area contributed by atoms with Crippen LogP contribution in [0.3, 0.4) is 0 Å². The van der Waals surface area contributed by atoms with Gasteiger partial charge in [0.15, 0.2) is 0 Å². The first kappa shape index (κ1) is 28.5. The smallest absolute Gasteiger partial charge is 0.324 e. The molecule has 0 aliphatic carbocycles. The summed E-state index contributed by atoms with van der Waals surface area (Å²) in [4.78, 5) is 26.1. The molecular weight excluding hydrogens is 528 g/mol. The zero-order valence-electron chi connectivity index (χ0n) is 21.6. The molecule has 206 valence electrons. The molecule has 2 atom stereocenters. The van der Waals surface area contributed by atoms with E-state index in [0.717, 1.165) is 11.1 Å². The minimum absolute atomic E-state index is 0.0523. The number of carbonyl (C=O) groups excluding carboxylic acids is 2. The number of hydrogen-bond acceptors (Lipinski definition) is 6. The molecule has 1 amide bonds. The van der Waals surface area contributed by atoms with Gasteiger partial charge < -0.3 is 15.2 Å². The van der Waals surface area contributed by atoms with Gasteiger partial charge in [-0.25, -0.2) is 8.42 Å². The molecule has 9 heteroatoms. The second kappa shape index (κ2) is 13.5. The standard InChI is InChI=1S/C31H30N2O6S/c34-27-16-18-28(19-17-27)40(37,38)33-29(21-24-12-6-2-7-13-24)31(36)39-22-26(20-23-10-4-1-5-11-23)32-30(35)25-14-8-3-9-15-25/h1-19,26,29,33-34H,20-22H2,(H,32,35). The molecule has 0 aromatic heterocycles. The molecule has 4 aromatic rings. The maximum Gasteiger partial charge on any atom is 0.324 e. The van der Waals surface area contributed by atoms with E-state index in [1.165, 1.54) is 24.3 Å². The maximum atomic E-state index is 13.3. The lowest BCUT2D eigenvalue weighted by molar-refractivity contribution is -0.146.